The van der Waals surface area contributed by atoms with E-state index in [4.69, 9.17) is 14.3 Å². The fraction of sp³-hybridized carbons (Fsp3) is 0.417. The monoisotopic (exact) mass is 408 g/mol. The van der Waals surface area contributed by atoms with E-state index in [0.29, 0.717) is 19.5 Å². The third kappa shape index (κ3) is 4.42. The summed E-state index contributed by atoms with van der Waals surface area (Å²) in [6.07, 6.45) is 3.56. The van der Waals surface area contributed by atoms with Crippen LogP contribution in [0.15, 0.2) is 53.7 Å². The largest absolute Gasteiger partial charge is 0.497 e. The van der Waals surface area contributed by atoms with Gasteiger partial charge in [-0.05, 0) is 42.7 Å². The smallest absolute Gasteiger partial charge is 0.226 e. The van der Waals surface area contributed by atoms with Crippen molar-refractivity contribution in [2.24, 2.45) is 11.1 Å². The summed E-state index contributed by atoms with van der Waals surface area (Å²) in [4.78, 5) is 20.8. The molecule has 1 aliphatic carbocycles. The molecule has 6 heteroatoms. The van der Waals surface area contributed by atoms with E-state index < -0.39 is 0 Å². The molecule has 1 aliphatic heterocycles. The normalized spacial score (nSPS) is 18.2. The summed E-state index contributed by atoms with van der Waals surface area (Å²) in [7, 11) is 3.30. The first-order valence-electron chi connectivity index (χ1n) is 10.5. The van der Waals surface area contributed by atoms with Gasteiger partial charge in [-0.2, -0.15) is 0 Å². The molecule has 4 rings (SSSR count). The molecule has 1 saturated carbocycles. The molecule has 2 aromatic rings. The lowest BCUT2D eigenvalue weighted by Crippen LogP contribution is -2.42. The molecule has 0 radical (unpaired) electrons. The van der Waals surface area contributed by atoms with Crippen LogP contribution in [0.2, 0.25) is 0 Å². The van der Waals surface area contributed by atoms with E-state index in [0.717, 1.165) is 47.6 Å². The number of nitrogens with zero attached hydrogens (tertiary/aromatic N) is 2. The van der Waals surface area contributed by atoms with Gasteiger partial charge in [-0.15, -0.1) is 0 Å². The Balaban J connectivity index is 1.46. The number of hydrogen-bond acceptors (Lipinski definition) is 5. The van der Waals surface area contributed by atoms with E-state index in [2.05, 4.69) is 5.16 Å². The van der Waals surface area contributed by atoms with E-state index in [9.17, 15) is 4.79 Å². The number of carbonyl (C=O) groups is 1. The van der Waals surface area contributed by atoms with Crippen molar-refractivity contribution in [2.45, 2.75) is 38.3 Å². The quantitative estimate of drug-likeness (QED) is 0.662. The molecule has 1 fully saturated rings. The average molecular weight is 408 g/mol. The number of oxime groups is 1. The zero-order valence-electron chi connectivity index (χ0n) is 17.5. The molecule has 0 spiro atoms. The number of benzene rings is 2. The first kappa shape index (κ1) is 20.3. The molecule has 0 aromatic heterocycles. The van der Waals surface area contributed by atoms with Crippen LogP contribution < -0.4 is 9.47 Å². The Morgan fingerprint density at radius 2 is 1.97 bits per heavy atom. The molecular formula is C24H28N2O4. The van der Waals surface area contributed by atoms with Gasteiger partial charge in [-0.3, -0.25) is 4.79 Å². The summed E-state index contributed by atoms with van der Waals surface area (Å²) in [5, 5.41) is 4.30. The molecule has 0 bridgehead atoms. The lowest BCUT2D eigenvalue weighted by molar-refractivity contribution is -0.140. The number of carbonyl (C=O) groups excluding carboxylic acids is 1. The highest BCUT2D eigenvalue weighted by Crippen LogP contribution is 2.30. The van der Waals surface area contributed by atoms with Crippen molar-refractivity contribution in [1.82, 2.24) is 4.90 Å². The van der Waals surface area contributed by atoms with Gasteiger partial charge in [0.05, 0.1) is 26.5 Å². The SMILES string of the molecule is COc1cccc(CN(CC2CC(c3ccccc3OC)=NO2)C(=O)C2CCC2)c1. The maximum Gasteiger partial charge on any atom is 0.226 e. The van der Waals surface area contributed by atoms with Crippen LogP contribution in [0.5, 0.6) is 11.5 Å². The highest BCUT2D eigenvalue weighted by molar-refractivity contribution is 6.03. The number of para-hydroxylation sites is 1. The Morgan fingerprint density at radius 3 is 2.70 bits per heavy atom. The zero-order chi connectivity index (χ0) is 20.9. The molecule has 0 N–H and O–H groups in total. The average Bonchev–Trinajstić information content (AvgIpc) is 3.20. The second-order valence-corrected chi connectivity index (χ2v) is 7.87. The molecule has 2 aliphatic rings. The van der Waals surface area contributed by atoms with Gasteiger partial charge in [-0.25, -0.2) is 0 Å². The first-order valence-corrected chi connectivity index (χ1v) is 10.5. The lowest BCUT2D eigenvalue weighted by atomic mass is 9.84. The molecule has 6 nitrogen and oxygen atoms in total. The summed E-state index contributed by atoms with van der Waals surface area (Å²) < 4.78 is 10.8. The summed E-state index contributed by atoms with van der Waals surface area (Å²) in [6, 6.07) is 15.7. The Morgan fingerprint density at radius 1 is 1.13 bits per heavy atom. The van der Waals surface area contributed by atoms with Crippen molar-refractivity contribution in [3.05, 3.63) is 59.7 Å². The van der Waals surface area contributed by atoms with Crippen molar-refractivity contribution in [3.8, 4) is 11.5 Å². The zero-order valence-corrected chi connectivity index (χ0v) is 17.5. The standard InChI is InChI=1S/C24H28N2O4/c1-28-19-10-5-7-17(13-19)15-26(24(27)18-8-6-9-18)16-20-14-22(25-30-20)21-11-3-4-12-23(21)29-2/h3-5,7,10-13,18,20H,6,8-9,14-16H2,1-2H3. The second-order valence-electron chi connectivity index (χ2n) is 7.87. The highest BCUT2D eigenvalue weighted by atomic mass is 16.6. The van der Waals surface area contributed by atoms with E-state index in [1.165, 1.54) is 0 Å². The molecule has 1 unspecified atom stereocenters. The van der Waals surface area contributed by atoms with E-state index >= 15 is 0 Å². The molecule has 0 saturated heterocycles. The predicted octanol–water partition coefficient (Wildman–Crippen LogP) is 4.03. The molecule has 1 atom stereocenters. The van der Waals surface area contributed by atoms with Gasteiger partial charge >= 0.3 is 0 Å². The molecular weight excluding hydrogens is 380 g/mol. The molecule has 1 heterocycles. The van der Waals surface area contributed by atoms with Gasteiger partial charge < -0.3 is 19.2 Å². The maximum atomic E-state index is 13.1. The Kier molecular flexibility index (Phi) is 6.21. The van der Waals surface area contributed by atoms with E-state index in [-0.39, 0.29) is 17.9 Å². The minimum Gasteiger partial charge on any atom is -0.497 e. The number of ether oxygens (including phenoxy) is 2. The minimum atomic E-state index is -0.167. The summed E-state index contributed by atoms with van der Waals surface area (Å²) in [5.74, 6) is 1.91. The number of amides is 1. The Labute approximate surface area is 177 Å². The molecule has 30 heavy (non-hydrogen) atoms. The van der Waals surface area contributed by atoms with Crippen LogP contribution in [-0.4, -0.2) is 43.4 Å². The van der Waals surface area contributed by atoms with Crippen molar-refractivity contribution >= 4 is 11.6 Å². The topological polar surface area (TPSA) is 60.4 Å². The molecule has 158 valence electrons. The minimum absolute atomic E-state index is 0.131. The van der Waals surface area contributed by atoms with Crippen molar-refractivity contribution < 1.29 is 19.1 Å². The third-order valence-electron chi connectivity index (χ3n) is 5.85. The van der Waals surface area contributed by atoms with Crippen molar-refractivity contribution in [3.63, 3.8) is 0 Å². The van der Waals surface area contributed by atoms with E-state index in [1.54, 1.807) is 14.2 Å². The Bertz CT molecular complexity index is 923. The number of methoxy groups -OCH3 is 2. The number of rotatable bonds is 8. The summed E-state index contributed by atoms with van der Waals surface area (Å²) in [5.41, 5.74) is 2.84. The van der Waals surface area contributed by atoms with Gasteiger partial charge in [-0.1, -0.05) is 35.8 Å². The summed E-state index contributed by atoms with van der Waals surface area (Å²) >= 11 is 0. The maximum absolute atomic E-state index is 13.1. The van der Waals surface area contributed by atoms with Crippen molar-refractivity contribution in [2.75, 3.05) is 20.8 Å². The van der Waals surface area contributed by atoms with Gasteiger partial charge in [0.2, 0.25) is 5.91 Å². The highest BCUT2D eigenvalue weighted by Gasteiger charge is 2.33. The van der Waals surface area contributed by atoms with Crippen LogP contribution in [0.3, 0.4) is 0 Å². The fourth-order valence-electron chi connectivity index (χ4n) is 3.95. The number of hydrogen-bond donors (Lipinski definition) is 0. The van der Waals surface area contributed by atoms with Gasteiger partial charge in [0, 0.05) is 24.4 Å². The summed E-state index contributed by atoms with van der Waals surface area (Å²) in [6.45, 7) is 1.05. The predicted molar refractivity (Wildman–Crippen MR) is 115 cm³/mol. The second kappa shape index (κ2) is 9.20. The van der Waals surface area contributed by atoms with Crippen LogP contribution in [-0.2, 0) is 16.2 Å². The van der Waals surface area contributed by atoms with Gasteiger partial charge in [0.25, 0.3) is 0 Å². The van der Waals surface area contributed by atoms with Crippen LogP contribution >= 0.6 is 0 Å². The van der Waals surface area contributed by atoms with Gasteiger partial charge in [0.15, 0.2) is 6.10 Å². The lowest BCUT2D eigenvalue weighted by Gasteiger charge is -2.32. The fourth-order valence-corrected chi connectivity index (χ4v) is 3.95. The molecule has 2 aromatic carbocycles. The van der Waals surface area contributed by atoms with Crippen LogP contribution in [0.1, 0.15) is 36.8 Å². The third-order valence-corrected chi connectivity index (χ3v) is 5.85. The molecule has 1 amide bonds. The Hall–Kier alpha value is -3.02. The van der Waals surface area contributed by atoms with Crippen LogP contribution in [0.4, 0.5) is 0 Å². The van der Waals surface area contributed by atoms with E-state index in [1.807, 2.05) is 53.4 Å². The first-order chi connectivity index (χ1) is 14.7. The van der Waals surface area contributed by atoms with Crippen LogP contribution in [0.25, 0.3) is 0 Å². The van der Waals surface area contributed by atoms with Crippen molar-refractivity contribution in [1.29, 1.82) is 0 Å². The van der Waals surface area contributed by atoms with Gasteiger partial charge in [0.1, 0.15) is 11.5 Å². The van der Waals surface area contributed by atoms with Crippen LogP contribution in [0, 0.1) is 5.92 Å².